The van der Waals surface area contributed by atoms with Crippen molar-refractivity contribution < 1.29 is 9.47 Å². The Kier molecular flexibility index (Phi) is 4.06. The van der Waals surface area contributed by atoms with Crippen molar-refractivity contribution in [1.29, 1.82) is 0 Å². The van der Waals surface area contributed by atoms with Gasteiger partial charge in [0, 0.05) is 17.0 Å². The van der Waals surface area contributed by atoms with Crippen LogP contribution in [0.2, 0.25) is 5.02 Å². The second-order valence-electron chi connectivity index (χ2n) is 6.54. The van der Waals surface area contributed by atoms with Crippen LogP contribution in [0.15, 0.2) is 65.1 Å². The van der Waals surface area contributed by atoms with Gasteiger partial charge in [-0.1, -0.05) is 17.7 Å². The fraction of sp³-hybridized carbons (Fsp3) is 0.190. The summed E-state index contributed by atoms with van der Waals surface area (Å²) in [6.45, 7) is 0. The van der Waals surface area contributed by atoms with Gasteiger partial charge in [0.1, 0.15) is 11.5 Å². The average Bonchev–Trinajstić information content (AvgIpc) is 3.38. The number of halogens is 1. The van der Waals surface area contributed by atoms with Crippen molar-refractivity contribution in [3.05, 3.63) is 81.0 Å². The van der Waals surface area contributed by atoms with E-state index < -0.39 is 0 Å². The summed E-state index contributed by atoms with van der Waals surface area (Å²) in [5.74, 6) is 1.72. The number of nitrogens with zero attached hydrogens (tertiary/aromatic N) is 2. The van der Waals surface area contributed by atoms with Crippen LogP contribution in [0.25, 0.3) is 0 Å². The predicted octanol–water partition coefficient (Wildman–Crippen LogP) is 5.65. The second-order valence-corrected chi connectivity index (χ2v) is 7.96. The highest BCUT2D eigenvalue weighted by Gasteiger charge is 2.41. The van der Waals surface area contributed by atoms with Gasteiger partial charge in [-0.25, -0.2) is 5.01 Å². The van der Waals surface area contributed by atoms with E-state index in [0.717, 1.165) is 39.6 Å². The van der Waals surface area contributed by atoms with Gasteiger partial charge in [-0.05, 0) is 59.5 Å². The number of fused-ring (bicyclic) bond motifs is 3. The Hall–Kier alpha value is -2.50. The van der Waals surface area contributed by atoms with E-state index in [9.17, 15) is 0 Å². The number of hydrogen-bond donors (Lipinski definition) is 0. The van der Waals surface area contributed by atoms with Crippen LogP contribution in [-0.4, -0.2) is 17.8 Å². The summed E-state index contributed by atoms with van der Waals surface area (Å²) < 4.78 is 11.6. The molecule has 4 nitrogen and oxygen atoms in total. The van der Waals surface area contributed by atoms with Crippen LogP contribution < -0.4 is 9.47 Å². The fourth-order valence-electron chi connectivity index (χ4n) is 3.64. The monoisotopic (exact) mass is 396 g/mol. The minimum atomic E-state index is -0.223. The molecule has 0 N–H and O–H groups in total. The Morgan fingerprint density at radius 2 is 2.04 bits per heavy atom. The third-order valence-electron chi connectivity index (χ3n) is 4.96. The summed E-state index contributed by atoms with van der Waals surface area (Å²) in [4.78, 5) is 1.14. The Bertz CT molecular complexity index is 1000. The molecule has 0 unspecified atom stereocenters. The molecule has 2 atom stereocenters. The van der Waals surface area contributed by atoms with Gasteiger partial charge in [0.15, 0.2) is 0 Å². The van der Waals surface area contributed by atoms with Crippen molar-refractivity contribution in [3.63, 3.8) is 0 Å². The number of thiophene rings is 1. The lowest BCUT2D eigenvalue weighted by atomic mass is 9.96. The smallest absolute Gasteiger partial charge is 0.222 e. The van der Waals surface area contributed by atoms with E-state index in [-0.39, 0.29) is 12.3 Å². The molecule has 0 aliphatic carbocycles. The molecule has 2 aromatic carbocycles. The first kappa shape index (κ1) is 16.7. The van der Waals surface area contributed by atoms with Gasteiger partial charge in [0.05, 0.1) is 23.7 Å². The molecule has 0 amide bonds. The lowest BCUT2D eigenvalue weighted by Crippen LogP contribution is -2.33. The van der Waals surface area contributed by atoms with Crippen molar-refractivity contribution >= 4 is 28.6 Å². The molecule has 3 aromatic rings. The van der Waals surface area contributed by atoms with Gasteiger partial charge < -0.3 is 9.47 Å². The van der Waals surface area contributed by atoms with E-state index in [1.54, 1.807) is 18.4 Å². The summed E-state index contributed by atoms with van der Waals surface area (Å²) in [7, 11) is 1.67. The van der Waals surface area contributed by atoms with E-state index in [4.69, 9.17) is 26.2 Å². The van der Waals surface area contributed by atoms with Crippen LogP contribution in [0.4, 0.5) is 0 Å². The minimum Gasteiger partial charge on any atom is -0.497 e. The van der Waals surface area contributed by atoms with Crippen LogP contribution in [0.5, 0.6) is 11.5 Å². The van der Waals surface area contributed by atoms with Crippen molar-refractivity contribution in [1.82, 2.24) is 5.01 Å². The van der Waals surface area contributed by atoms with E-state index >= 15 is 0 Å². The molecule has 2 aliphatic rings. The standard InChI is InChI=1S/C21H17ClN2O2S/c1-25-15-7-4-13(5-8-15)17-12-18-16-11-14(22)6-9-19(16)26-21(24(18)23-17)20-3-2-10-27-20/h2-11,18,21H,12H2,1H3/t18-,21+/m1/s1. The zero-order valence-corrected chi connectivity index (χ0v) is 16.2. The van der Waals surface area contributed by atoms with Gasteiger partial charge in [-0.3, -0.25) is 0 Å². The van der Waals surface area contributed by atoms with E-state index in [1.165, 1.54) is 0 Å². The molecule has 5 rings (SSSR count). The molecule has 3 heterocycles. The Morgan fingerprint density at radius 1 is 1.19 bits per heavy atom. The molecule has 136 valence electrons. The molecule has 27 heavy (non-hydrogen) atoms. The lowest BCUT2D eigenvalue weighted by molar-refractivity contribution is -0.0165. The first-order valence-electron chi connectivity index (χ1n) is 8.72. The Balaban J connectivity index is 1.57. The number of benzene rings is 2. The van der Waals surface area contributed by atoms with E-state index in [1.807, 2.05) is 36.4 Å². The molecule has 0 saturated carbocycles. The molecule has 0 radical (unpaired) electrons. The third kappa shape index (κ3) is 2.87. The summed E-state index contributed by atoms with van der Waals surface area (Å²) in [5, 5.41) is 9.80. The maximum atomic E-state index is 6.32. The van der Waals surface area contributed by atoms with Crippen molar-refractivity contribution in [2.45, 2.75) is 18.7 Å². The molecule has 2 aliphatic heterocycles. The van der Waals surface area contributed by atoms with Crippen LogP contribution in [-0.2, 0) is 0 Å². The predicted molar refractivity (Wildman–Crippen MR) is 108 cm³/mol. The number of rotatable bonds is 3. The Morgan fingerprint density at radius 3 is 2.78 bits per heavy atom. The van der Waals surface area contributed by atoms with Crippen LogP contribution in [0.1, 0.15) is 34.7 Å². The molecule has 0 bridgehead atoms. The summed E-state index contributed by atoms with van der Waals surface area (Å²) in [5.41, 5.74) is 3.22. The van der Waals surface area contributed by atoms with Crippen molar-refractivity contribution in [2.24, 2.45) is 5.10 Å². The summed E-state index contributed by atoms with van der Waals surface area (Å²) in [6, 6.07) is 18.1. The van der Waals surface area contributed by atoms with Gasteiger partial charge in [0.25, 0.3) is 0 Å². The number of hydrazone groups is 1. The quantitative estimate of drug-likeness (QED) is 0.573. The maximum absolute atomic E-state index is 6.32. The summed E-state index contributed by atoms with van der Waals surface area (Å²) >= 11 is 7.95. The number of ether oxygens (including phenoxy) is 2. The third-order valence-corrected chi connectivity index (χ3v) is 6.10. The highest BCUT2D eigenvalue weighted by Crippen LogP contribution is 2.48. The Labute approximate surface area is 166 Å². The van der Waals surface area contributed by atoms with Gasteiger partial charge in [0.2, 0.25) is 6.23 Å². The molecule has 0 fully saturated rings. The van der Waals surface area contributed by atoms with Crippen molar-refractivity contribution in [2.75, 3.05) is 7.11 Å². The number of hydrogen-bond acceptors (Lipinski definition) is 5. The van der Waals surface area contributed by atoms with Crippen LogP contribution in [0, 0.1) is 0 Å². The van der Waals surface area contributed by atoms with Crippen LogP contribution >= 0.6 is 22.9 Å². The molecular weight excluding hydrogens is 380 g/mol. The summed E-state index contributed by atoms with van der Waals surface area (Å²) in [6.07, 6.45) is 0.588. The molecular formula is C21H17ClN2O2S. The van der Waals surface area contributed by atoms with Gasteiger partial charge in [-0.15, -0.1) is 11.3 Å². The highest BCUT2D eigenvalue weighted by molar-refractivity contribution is 7.10. The zero-order chi connectivity index (χ0) is 18.4. The van der Waals surface area contributed by atoms with Gasteiger partial charge in [-0.2, -0.15) is 5.10 Å². The lowest BCUT2D eigenvalue weighted by Gasteiger charge is -2.37. The first-order chi connectivity index (χ1) is 13.2. The second kappa shape index (κ2) is 6.59. The molecule has 1 aromatic heterocycles. The topological polar surface area (TPSA) is 34.1 Å². The molecule has 0 saturated heterocycles. The largest absolute Gasteiger partial charge is 0.497 e. The number of methoxy groups -OCH3 is 1. The fourth-order valence-corrected chi connectivity index (χ4v) is 4.56. The average molecular weight is 397 g/mol. The van der Waals surface area contributed by atoms with E-state index in [0.29, 0.717) is 5.02 Å². The first-order valence-corrected chi connectivity index (χ1v) is 9.98. The zero-order valence-electron chi connectivity index (χ0n) is 14.6. The van der Waals surface area contributed by atoms with Crippen molar-refractivity contribution in [3.8, 4) is 11.5 Å². The normalized spacial score (nSPS) is 20.5. The molecule has 0 spiro atoms. The van der Waals surface area contributed by atoms with Crippen LogP contribution in [0.3, 0.4) is 0 Å². The van der Waals surface area contributed by atoms with E-state index in [2.05, 4.69) is 28.6 Å². The van der Waals surface area contributed by atoms with Gasteiger partial charge >= 0.3 is 0 Å². The molecule has 6 heteroatoms. The minimum absolute atomic E-state index is 0.108. The maximum Gasteiger partial charge on any atom is 0.222 e. The highest BCUT2D eigenvalue weighted by atomic mass is 35.5. The SMILES string of the molecule is COc1ccc(C2=NN3[C@H](C2)c2cc(Cl)ccc2O[C@H]3c2cccs2)cc1.